The number of amides is 1. The molecule has 0 saturated heterocycles. The van der Waals surface area contributed by atoms with E-state index in [0.717, 1.165) is 27.8 Å². The van der Waals surface area contributed by atoms with Crippen molar-refractivity contribution in [3.05, 3.63) is 89.6 Å². The summed E-state index contributed by atoms with van der Waals surface area (Å²) in [5.41, 5.74) is 3.79. The van der Waals surface area contributed by atoms with Gasteiger partial charge < -0.3 is 19.7 Å². The number of carbonyl (C=O) groups is 2. The summed E-state index contributed by atoms with van der Waals surface area (Å²) in [5, 5.41) is 10.7. The maximum Gasteiger partial charge on any atom is 0.352 e. The molecule has 6 heteroatoms. The zero-order chi connectivity index (χ0) is 22.7. The number of fused-ring (bicyclic) bond motifs is 1. The van der Waals surface area contributed by atoms with Crippen LogP contribution in [0.15, 0.2) is 72.8 Å². The van der Waals surface area contributed by atoms with Crippen LogP contribution in [0.3, 0.4) is 0 Å². The first kappa shape index (κ1) is 21.2. The first-order chi connectivity index (χ1) is 15.5. The van der Waals surface area contributed by atoms with Gasteiger partial charge in [0.05, 0.1) is 12.1 Å². The third-order valence-electron chi connectivity index (χ3n) is 5.34. The molecule has 2 N–H and O–H groups in total. The molecule has 6 nitrogen and oxygen atoms in total. The lowest BCUT2D eigenvalue weighted by atomic mass is 9.98. The van der Waals surface area contributed by atoms with E-state index in [0.29, 0.717) is 24.2 Å². The van der Waals surface area contributed by atoms with Gasteiger partial charge in [0, 0.05) is 37.0 Å². The standard InChI is InChI=1S/C26H24N2O4/c1-28(2)25(29)19-13-11-17(12-14-19)22-21-10-6-7-18(23(21)27-24(22)26(30)31)15-16-32-20-8-4-3-5-9-20/h3-14,27H,15-16H2,1-2H3,(H,30,31). The summed E-state index contributed by atoms with van der Waals surface area (Å²) in [7, 11) is 3.39. The van der Waals surface area contributed by atoms with Gasteiger partial charge in [-0.2, -0.15) is 0 Å². The van der Waals surface area contributed by atoms with Crippen LogP contribution in [0.4, 0.5) is 0 Å². The number of aromatic carboxylic acids is 1. The van der Waals surface area contributed by atoms with Crippen LogP contribution < -0.4 is 4.74 Å². The number of H-pyrrole nitrogens is 1. The van der Waals surface area contributed by atoms with Gasteiger partial charge in [0.15, 0.2) is 0 Å². The Morgan fingerprint density at radius 3 is 2.31 bits per heavy atom. The maximum atomic E-state index is 12.2. The van der Waals surface area contributed by atoms with Crippen molar-refractivity contribution in [1.82, 2.24) is 9.88 Å². The van der Waals surface area contributed by atoms with Crippen molar-refractivity contribution >= 4 is 22.8 Å². The molecule has 0 aliphatic carbocycles. The molecule has 0 unspecified atom stereocenters. The molecule has 0 atom stereocenters. The molecule has 1 heterocycles. The van der Waals surface area contributed by atoms with Crippen molar-refractivity contribution < 1.29 is 19.4 Å². The van der Waals surface area contributed by atoms with Crippen LogP contribution >= 0.6 is 0 Å². The van der Waals surface area contributed by atoms with Gasteiger partial charge in [-0.25, -0.2) is 4.79 Å². The second-order valence-electron chi connectivity index (χ2n) is 7.71. The molecule has 0 aliphatic heterocycles. The van der Waals surface area contributed by atoms with Gasteiger partial charge in [-0.05, 0) is 35.4 Å². The Morgan fingerprint density at radius 2 is 1.66 bits per heavy atom. The fourth-order valence-corrected chi connectivity index (χ4v) is 3.78. The summed E-state index contributed by atoms with van der Waals surface area (Å²) in [5.74, 6) is -0.337. The lowest BCUT2D eigenvalue weighted by Crippen LogP contribution is -2.21. The molecule has 0 aliphatic rings. The molecule has 4 rings (SSSR count). The number of hydrogen-bond acceptors (Lipinski definition) is 3. The van der Waals surface area contributed by atoms with Crippen LogP contribution in [-0.4, -0.2) is 47.6 Å². The number of aromatic amines is 1. The number of carbonyl (C=O) groups excluding carboxylic acids is 1. The van der Waals surface area contributed by atoms with E-state index in [1.54, 1.807) is 38.4 Å². The molecule has 0 radical (unpaired) electrons. The fourth-order valence-electron chi connectivity index (χ4n) is 3.78. The zero-order valence-electron chi connectivity index (χ0n) is 18.0. The number of rotatable bonds is 7. The van der Waals surface area contributed by atoms with Gasteiger partial charge in [-0.15, -0.1) is 0 Å². The van der Waals surface area contributed by atoms with Crippen LogP contribution in [0, 0.1) is 0 Å². The number of hydrogen-bond donors (Lipinski definition) is 2. The minimum atomic E-state index is -1.03. The Labute approximate surface area is 186 Å². The summed E-state index contributed by atoms with van der Waals surface area (Å²) in [6.07, 6.45) is 0.627. The van der Waals surface area contributed by atoms with E-state index in [-0.39, 0.29) is 11.6 Å². The zero-order valence-corrected chi connectivity index (χ0v) is 18.0. The van der Waals surface area contributed by atoms with Crippen molar-refractivity contribution in [2.75, 3.05) is 20.7 Å². The molecule has 0 spiro atoms. The fraction of sp³-hybridized carbons (Fsp3) is 0.154. The van der Waals surface area contributed by atoms with E-state index in [1.807, 2.05) is 48.5 Å². The van der Waals surface area contributed by atoms with E-state index in [9.17, 15) is 14.7 Å². The van der Waals surface area contributed by atoms with Crippen LogP contribution in [0.25, 0.3) is 22.0 Å². The highest BCUT2D eigenvalue weighted by Gasteiger charge is 2.20. The van der Waals surface area contributed by atoms with Crippen LogP contribution in [-0.2, 0) is 6.42 Å². The second-order valence-corrected chi connectivity index (χ2v) is 7.71. The minimum absolute atomic E-state index is 0.102. The summed E-state index contributed by atoms with van der Waals surface area (Å²) in [6, 6.07) is 22.4. The van der Waals surface area contributed by atoms with Crippen LogP contribution in [0.1, 0.15) is 26.4 Å². The van der Waals surface area contributed by atoms with Gasteiger partial charge in [0.1, 0.15) is 11.4 Å². The molecule has 0 saturated carbocycles. The molecule has 0 fully saturated rings. The quantitative estimate of drug-likeness (QED) is 0.441. The minimum Gasteiger partial charge on any atom is -0.493 e. The van der Waals surface area contributed by atoms with Gasteiger partial charge in [0.25, 0.3) is 5.91 Å². The van der Waals surface area contributed by atoms with Crippen molar-refractivity contribution in [3.8, 4) is 16.9 Å². The molecular weight excluding hydrogens is 404 g/mol. The lowest BCUT2D eigenvalue weighted by molar-refractivity contribution is 0.0692. The molecule has 1 amide bonds. The van der Waals surface area contributed by atoms with Crippen molar-refractivity contribution in [2.24, 2.45) is 0 Å². The largest absolute Gasteiger partial charge is 0.493 e. The van der Waals surface area contributed by atoms with Gasteiger partial charge in [-0.1, -0.05) is 48.5 Å². The Kier molecular flexibility index (Phi) is 5.94. The van der Waals surface area contributed by atoms with E-state index >= 15 is 0 Å². The van der Waals surface area contributed by atoms with Crippen molar-refractivity contribution in [1.29, 1.82) is 0 Å². The number of ether oxygens (including phenoxy) is 1. The third-order valence-corrected chi connectivity index (χ3v) is 5.34. The Hall–Kier alpha value is -4.06. The SMILES string of the molecule is CN(C)C(=O)c1ccc(-c2c(C(=O)O)[nH]c3c(CCOc4ccccc4)cccc23)cc1. The molecule has 4 aromatic rings. The highest BCUT2D eigenvalue weighted by Crippen LogP contribution is 2.34. The summed E-state index contributed by atoms with van der Waals surface area (Å²) < 4.78 is 5.82. The molecule has 0 bridgehead atoms. The van der Waals surface area contributed by atoms with E-state index in [2.05, 4.69) is 4.98 Å². The van der Waals surface area contributed by atoms with Crippen LogP contribution in [0.2, 0.25) is 0 Å². The number of para-hydroxylation sites is 2. The van der Waals surface area contributed by atoms with E-state index in [1.165, 1.54) is 4.90 Å². The second kappa shape index (κ2) is 8.98. The highest BCUT2D eigenvalue weighted by atomic mass is 16.5. The first-order valence-electron chi connectivity index (χ1n) is 10.3. The predicted molar refractivity (Wildman–Crippen MR) is 124 cm³/mol. The lowest BCUT2D eigenvalue weighted by Gasteiger charge is -2.11. The first-order valence-corrected chi connectivity index (χ1v) is 10.3. The number of aromatic nitrogens is 1. The van der Waals surface area contributed by atoms with E-state index < -0.39 is 5.97 Å². The topological polar surface area (TPSA) is 82.6 Å². The maximum absolute atomic E-state index is 12.2. The number of carboxylic acids is 1. The molecule has 32 heavy (non-hydrogen) atoms. The Morgan fingerprint density at radius 1 is 0.938 bits per heavy atom. The van der Waals surface area contributed by atoms with Gasteiger partial charge >= 0.3 is 5.97 Å². The highest BCUT2D eigenvalue weighted by molar-refractivity contribution is 6.08. The van der Waals surface area contributed by atoms with Gasteiger partial charge in [-0.3, -0.25) is 4.79 Å². The molecule has 1 aromatic heterocycles. The number of benzene rings is 3. The summed E-state index contributed by atoms with van der Waals surface area (Å²) in [4.78, 5) is 28.8. The van der Waals surface area contributed by atoms with Crippen LogP contribution in [0.5, 0.6) is 5.75 Å². The van der Waals surface area contributed by atoms with Crippen molar-refractivity contribution in [2.45, 2.75) is 6.42 Å². The monoisotopic (exact) mass is 428 g/mol. The summed E-state index contributed by atoms with van der Waals surface area (Å²) >= 11 is 0. The number of carboxylic acid groups (broad SMARTS) is 1. The van der Waals surface area contributed by atoms with E-state index in [4.69, 9.17) is 4.74 Å². The van der Waals surface area contributed by atoms with Crippen molar-refractivity contribution in [3.63, 3.8) is 0 Å². The molecular formula is C26H24N2O4. The number of nitrogens with zero attached hydrogens (tertiary/aromatic N) is 1. The third kappa shape index (κ3) is 4.21. The predicted octanol–water partition coefficient (Wildman–Crippen LogP) is 4.86. The molecule has 162 valence electrons. The Balaban J connectivity index is 1.68. The average molecular weight is 428 g/mol. The average Bonchev–Trinajstić information content (AvgIpc) is 3.20. The number of nitrogens with one attached hydrogen (secondary N) is 1. The summed E-state index contributed by atoms with van der Waals surface area (Å²) in [6.45, 7) is 0.473. The normalized spacial score (nSPS) is 10.8. The Bertz CT molecular complexity index is 1260. The smallest absolute Gasteiger partial charge is 0.352 e. The molecule has 3 aromatic carbocycles. The van der Waals surface area contributed by atoms with Gasteiger partial charge in [0.2, 0.25) is 0 Å².